The second kappa shape index (κ2) is 15.6. The number of hydrazone groups is 1. The van der Waals surface area contributed by atoms with E-state index < -0.39 is 23.6 Å². The molecule has 10 heteroatoms. The third-order valence-corrected chi connectivity index (χ3v) is 5.77. The second-order valence-corrected chi connectivity index (χ2v) is 10.4. The van der Waals surface area contributed by atoms with Crippen LogP contribution in [0.5, 0.6) is 11.5 Å². The van der Waals surface area contributed by atoms with E-state index in [1.54, 1.807) is 45.0 Å². The van der Waals surface area contributed by atoms with Crippen molar-refractivity contribution in [1.29, 1.82) is 0 Å². The maximum Gasteiger partial charge on any atom is 0.408 e. The predicted octanol–water partition coefficient (Wildman–Crippen LogP) is 5.88. The van der Waals surface area contributed by atoms with Crippen LogP contribution in [-0.2, 0) is 27.5 Å². The summed E-state index contributed by atoms with van der Waals surface area (Å²) in [6.45, 7) is 7.99. The molecule has 0 fully saturated rings. The van der Waals surface area contributed by atoms with Gasteiger partial charge in [-0.05, 0) is 63.1 Å². The molecule has 0 bridgehead atoms. The summed E-state index contributed by atoms with van der Waals surface area (Å²) < 4.78 is 22.7. The molecule has 3 rings (SSSR count). The molecule has 0 radical (unpaired) electrons. The molecule has 41 heavy (non-hydrogen) atoms. The fourth-order valence-electron chi connectivity index (χ4n) is 3.51. The molecule has 0 aromatic heterocycles. The van der Waals surface area contributed by atoms with Crippen LogP contribution < -0.4 is 20.2 Å². The summed E-state index contributed by atoms with van der Waals surface area (Å²) in [5.41, 5.74) is 4.19. The van der Waals surface area contributed by atoms with E-state index in [1.165, 1.54) is 6.21 Å². The molecular formula is C31H36ClN3O6. The number of hydrogen-bond acceptors (Lipinski definition) is 7. The van der Waals surface area contributed by atoms with Crippen molar-refractivity contribution in [3.8, 4) is 11.5 Å². The zero-order valence-corrected chi connectivity index (χ0v) is 24.4. The molecule has 3 aromatic carbocycles. The third-order valence-electron chi connectivity index (χ3n) is 5.40. The zero-order valence-electron chi connectivity index (χ0n) is 23.7. The van der Waals surface area contributed by atoms with Crippen molar-refractivity contribution in [1.82, 2.24) is 10.7 Å². The summed E-state index contributed by atoms with van der Waals surface area (Å²) in [7, 11) is 0. The fourth-order valence-corrected chi connectivity index (χ4v) is 3.70. The van der Waals surface area contributed by atoms with Gasteiger partial charge in [0.2, 0.25) is 0 Å². The molecule has 3 aromatic rings. The van der Waals surface area contributed by atoms with Gasteiger partial charge in [0.15, 0.2) is 11.5 Å². The summed E-state index contributed by atoms with van der Waals surface area (Å²) in [5.74, 6) is 0.503. The van der Waals surface area contributed by atoms with Gasteiger partial charge in [-0.3, -0.25) is 4.79 Å². The monoisotopic (exact) mass is 581 g/mol. The van der Waals surface area contributed by atoms with E-state index in [9.17, 15) is 9.59 Å². The molecule has 0 aliphatic rings. The number of nitrogens with one attached hydrogen (secondary N) is 2. The molecule has 0 unspecified atom stereocenters. The number of alkyl carbamates (subject to hydrolysis) is 1. The van der Waals surface area contributed by atoms with E-state index in [0.717, 1.165) is 11.1 Å². The standard InChI is InChI=1S/C31H36ClN3O6/c1-5-39-28-17-23(15-16-27(28)40-20-24-13-9-10-14-25(24)32)18-33-35-29(36)26(34-30(37)41-31(2,3)4)21-38-19-22-11-7-6-8-12-22/h6-18,26H,5,19-21H2,1-4H3,(H,34,37)(H,35,36)/b33-18-/t26-/m0/s1. The molecule has 2 amide bonds. The SMILES string of the molecule is CCOc1cc(/C=N\NC(=O)[C@H](COCc2ccccc2)NC(=O)OC(C)(C)C)ccc1OCc1ccccc1Cl. The molecule has 0 saturated carbocycles. The van der Waals surface area contributed by atoms with Gasteiger partial charge in [0, 0.05) is 10.6 Å². The molecule has 2 N–H and O–H groups in total. The average molecular weight is 582 g/mol. The first-order valence-corrected chi connectivity index (χ1v) is 13.6. The maximum atomic E-state index is 12.9. The number of benzene rings is 3. The number of carbonyl (C=O) groups excluding carboxylic acids is 2. The first-order valence-electron chi connectivity index (χ1n) is 13.2. The first-order chi connectivity index (χ1) is 19.6. The molecule has 0 aliphatic heterocycles. The number of amides is 2. The highest BCUT2D eigenvalue weighted by Crippen LogP contribution is 2.29. The smallest absolute Gasteiger partial charge is 0.408 e. The number of carbonyl (C=O) groups is 2. The van der Waals surface area contributed by atoms with Gasteiger partial charge in [0.25, 0.3) is 5.91 Å². The van der Waals surface area contributed by atoms with Crippen LogP contribution in [0.1, 0.15) is 44.4 Å². The predicted molar refractivity (Wildman–Crippen MR) is 158 cm³/mol. The minimum Gasteiger partial charge on any atom is -0.490 e. The van der Waals surface area contributed by atoms with E-state index in [2.05, 4.69) is 15.8 Å². The third kappa shape index (κ3) is 11.1. The van der Waals surface area contributed by atoms with E-state index in [1.807, 2.05) is 55.5 Å². The topological polar surface area (TPSA) is 107 Å². The Morgan fingerprint density at radius 3 is 2.39 bits per heavy atom. The van der Waals surface area contributed by atoms with Gasteiger partial charge in [-0.15, -0.1) is 0 Å². The summed E-state index contributed by atoms with van der Waals surface area (Å²) >= 11 is 6.23. The van der Waals surface area contributed by atoms with Crippen LogP contribution in [0.4, 0.5) is 4.79 Å². The van der Waals surface area contributed by atoms with Gasteiger partial charge in [-0.2, -0.15) is 5.10 Å². The lowest BCUT2D eigenvalue weighted by atomic mass is 10.2. The highest BCUT2D eigenvalue weighted by Gasteiger charge is 2.24. The Hall–Kier alpha value is -4.08. The van der Waals surface area contributed by atoms with Gasteiger partial charge in [-0.25, -0.2) is 10.2 Å². The molecule has 0 aliphatic carbocycles. The second-order valence-electron chi connectivity index (χ2n) is 9.95. The van der Waals surface area contributed by atoms with Crippen molar-refractivity contribution in [3.63, 3.8) is 0 Å². The minimum atomic E-state index is -1.04. The highest BCUT2D eigenvalue weighted by molar-refractivity contribution is 6.31. The summed E-state index contributed by atoms with van der Waals surface area (Å²) in [5, 5.41) is 7.24. The van der Waals surface area contributed by atoms with Crippen molar-refractivity contribution in [2.75, 3.05) is 13.2 Å². The van der Waals surface area contributed by atoms with Crippen LogP contribution in [0, 0.1) is 0 Å². The Balaban J connectivity index is 1.63. The molecule has 9 nitrogen and oxygen atoms in total. The lowest BCUT2D eigenvalue weighted by Crippen LogP contribution is -2.49. The molecule has 0 saturated heterocycles. The van der Waals surface area contributed by atoms with Crippen molar-refractivity contribution in [3.05, 3.63) is 94.5 Å². The van der Waals surface area contributed by atoms with E-state index in [0.29, 0.717) is 28.7 Å². The van der Waals surface area contributed by atoms with Crippen LogP contribution in [0.25, 0.3) is 0 Å². The Bertz CT molecular complexity index is 1310. The normalized spacial score (nSPS) is 12.0. The van der Waals surface area contributed by atoms with Gasteiger partial charge in [0.1, 0.15) is 18.2 Å². The van der Waals surface area contributed by atoms with Gasteiger partial charge >= 0.3 is 6.09 Å². The maximum absolute atomic E-state index is 12.9. The van der Waals surface area contributed by atoms with Crippen molar-refractivity contribution < 1.29 is 28.5 Å². The van der Waals surface area contributed by atoms with E-state index in [4.69, 9.17) is 30.5 Å². The molecule has 1 atom stereocenters. The Morgan fingerprint density at radius 2 is 1.68 bits per heavy atom. The van der Waals surface area contributed by atoms with Crippen molar-refractivity contribution >= 4 is 29.8 Å². The Labute approximate surface area is 245 Å². The fraction of sp³-hybridized carbons (Fsp3) is 0.323. The van der Waals surface area contributed by atoms with E-state index in [-0.39, 0.29) is 19.8 Å². The largest absolute Gasteiger partial charge is 0.490 e. The van der Waals surface area contributed by atoms with Crippen LogP contribution in [0.3, 0.4) is 0 Å². The molecular weight excluding hydrogens is 546 g/mol. The number of halogens is 1. The van der Waals surface area contributed by atoms with Crippen LogP contribution in [-0.4, -0.2) is 43.1 Å². The number of hydrogen-bond donors (Lipinski definition) is 2. The van der Waals surface area contributed by atoms with Crippen molar-refractivity contribution in [2.24, 2.45) is 5.10 Å². The summed E-state index contributed by atoms with van der Waals surface area (Å²) in [6, 6.07) is 21.2. The minimum absolute atomic E-state index is 0.0819. The van der Waals surface area contributed by atoms with Gasteiger partial charge in [-0.1, -0.05) is 60.1 Å². The van der Waals surface area contributed by atoms with Crippen LogP contribution in [0.2, 0.25) is 5.02 Å². The van der Waals surface area contributed by atoms with Crippen LogP contribution in [0.15, 0.2) is 77.9 Å². The highest BCUT2D eigenvalue weighted by atomic mass is 35.5. The molecule has 0 heterocycles. The summed E-state index contributed by atoms with van der Waals surface area (Å²) in [4.78, 5) is 25.3. The zero-order chi connectivity index (χ0) is 29.7. The Morgan fingerprint density at radius 1 is 0.951 bits per heavy atom. The van der Waals surface area contributed by atoms with Gasteiger partial charge < -0.3 is 24.3 Å². The average Bonchev–Trinajstić information content (AvgIpc) is 2.92. The Kier molecular flexibility index (Phi) is 12.0. The number of rotatable bonds is 13. The van der Waals surface area contributed by atoms with E-state index >= 15 is 0 Å². The number of nitrogens with zero attached hydrogens (tertiary/aromatic N) is 1. The van der Waals surface area contributed by atoms with Crippen LogP contribution >= 0.6 is 11.6 Å². The summed E-state index contributed by atoms with van der Waals surface area (Å²) in [6.07, 6.45) is 0.729. The quantitative estimate of drug-likeness (QED) is 0.193. The van der Waals surface area contributed by atoms with Gasteiger partial charge in [0.05, 0.1) is 26.0 Å². The molecule has 218 valence electrons. The number of ether oxygens (including phenoxy) is 4. The lowest BCUT2D eigenvalue weighted by molar-refractivity contribution is -0.124. The first kappa shape index (κ1) is 31.4. The lowest BCUT2D eigenvalue weighted by Gasteiger charge is -2.22. The molecule has 0 spiro atoms. The van der Waals surface area contributed by atoms with Crippen molar-refractivity contribution in [2.45, 2.75) is 52.6 Å².